The smallest absolute Gasteiger partial charge is 0.264 e. The maximum atomic E-state index is 13.7. The van der Waals surface area contributed by atoms with Crippen molar-refractivity contribution in [3.63, 3.8) is 0 Å². The first-order valence-corrected chi connectivity index (χ1v) is 13.4. The number of carbonyl (C=O) groups excluding carboxylic acids is 1. The van der Waals surface area contributed by atoms with Crippen molar-refractivity contribution in [2.24, 2.45) is 23.7 Å². The molecule has 2 aromatic rings. The van der Waals surface area contributed by atoms with E-state index in [4.69, 9.17) is 4.74 Å². The molecule has 33 heavy (non-hydrogen) atoms. The molecule has 7 heteroatoms. The van der Waals surface area contributed by atoms with Crippen molar-refractivity contribution in [3.8, 4) is 0 Å². The zero-order valence-corrected chi connectivity index (χ0v) is 20.3. The minimum absolute atomic E-state index is 0.0552. The van der Waals surface area contributed by atoms with E-state index in [2.05, 4.69) is 6.92 Å². The van der Waals surface area contributed by atoms with E-state index in [-0.39, 0.29) is 23.1 Å². The number of benzene rings is 2. The van der Waals surface area contributed by atoms with Crippen LogP contribution in [0.4, 0.5) is 11.4 Å². The largest absolute Gasteiger partial charge is 0.381 e. The Labute approximate surface area is 196 Å². The molecule has 6 nitrogen and oxygen atoms in total. The molecule has 0 radical (unpaired) electrons. The predicted molar refractivity (Wildman–Crippen MR) is 129 cm³/mol. The molecule has 3 aliphatic rings. The number of anilines is 2. The Morgan fingerprint density at radius 3 is 2.42 bits per heavy atom. The highest BCUT2D eigenvalue weighted by molar-refractivity contribution is 7.92. The van der Waals surface area contributed by atoms with Gasteiger partial charge in [0.2, 0.25) is 5.91 Å². The summed E-state index contributed by atoms with van der Waals surface area (Å²) in [4.78, 5) is 14.9. The van der Waals surface area contributed by atoms with Crippen molar-refractivity contribution in [2.45, 2.75) is 38.5 Å². The van der Waals surface area contributed by atoms with Gasteiger partial charge in [0.15, 0.2) is 0 Å². The Balaban J connectivity index is 1.42. The predicted octanol–water partition coefficient (Wildman–Crippen LogP) is 3.88. The normalized spacial score (nSPS) is 23.7. The number of sulfonamides is 1. The number of aryl methyl sites for hydroxylation is 1. The molecule has 0 bridgehead atoms. The van der Waals surface area contributed by atoms with Crippen molar-refractivity contribution >= 4 is 27.3 Å². The fourth-order valence-electron chi connectivity index (χ4n) is 5.26. The van der Waals surface area contributed by atoms with Crippen molar-refractivity contribution < 1.29 is 17.9 Å². The SMILES string of the molecule is CCc1ccc(N(CC(C)C)S(=O)(=O)c2ccc3c(c2)CC(=O)N3CC2[C@H]3COC[C@@H]23)cc1. The molecule has 2 aromatic carbocycles. The van der Waals surface area contributed by atoms with E-state index in [1.807, 2.05) is 49.1 Å². The lowest BCUT2D eigenvalue weighted by molar-refractivity contribution is -0.117. The molecule has 0 N–H and O–H groups in total. The molecule has 5 rings (SSSR count). The summed E-state index contributed by atoms with van der Waals surface area (Å²) in [5.74, 6) is 1.87. The Bertz CT molecular complexity index is 1150. The zero-order chi connectivity index (χ0) is 23.3. The van der Waals surface area contributed by atoms with Crippen molar-refractivity contribution in [3.05, 3.63) is 53.6 Å². The number of ether oxygens (including phenoxy) is 1. The number of rotatable bonds is 8. The summed E-state index contributed by atoms with van der Waals surface area (Å²) in [5, 5.41) is 0. The van der Waals surface area contributed by atoms with E-state index >= 15 is 0 Å². The maximum absolute atomic E-state index is 13.7. The second-order valence-corrected chi connectivity index (χ2v) is 11.8. The second kappa shape index (κ2) is 8.44. The van der Waals surface area contributed by atoms with Crippen LogP contribution in [0.1, 0.15) is 31.9 Å². The van der Waals surface area contributed by atoms with Crippen LogP contribution in [0.5, 0.6) is 0 Å². The molecule has 2 aliphatic heterocycles. The Kier molecular flexibility index (Phi) is 5.73. The molecule has 3 atom stereocenters. The third-order valence-corrected chi connectivity index (χ3v) is 9.05. The molecule has 2 heterocycles. The topological polar surface area (TPSA) is 66.9 Å². The summed E-state index contributed by atoms with van der Waals surface area (Å²) < 4.78 is 34.4. The van der Waals surface area contributed by atoms with Crippen LogP contribution >= 0.6 is 0 Å². The highest BCUT2D eigenvalue weighted by Gasteiger charge is 2.55. The van der Waals surface area contributed by atoms with Crippen molar-refractivity contribution in [1.82, 2.24) is 0 Å². The molecule has 1 saturated carbocycles. The van der Waals surface area contributed by atoms with Gasteiger partial charge in [-0.15, -0.1) is 0 Å². The van der Waals surface area contributed by atoms with Gasteiger partial charge in [-0.1, -0.05) is 32.9 Å². The lowest BCUT2D eigenvalue weighted by Gasteiger charge is -2.27. The number of hydrogen-bond donors (Lipinski definition) is 0. The van der Waals surface area contributed by atoms with Crippen LogP contribution in [0, 0.1) is 23.7 Å². The van der Waals surface area contributed by atoms with Crippen LogP contribution in [0.2, 0.25) is 0 Å². The minimum Gasteiger partial charge on any atom is -0.381 e. The number of hydrogen-bond acceptors (Lipinski definition) is 4. The van der Waals surface area contributed by atoms with Gasteiger partial charge >= 0.3 is 0 Å². The van der Waals surface area contributed by atoms with Gasteiger partial charge in [0.1, 0.15) is 0 Å². The molecule has 0 spiro atoms. The zero-order valence-electron chi connectivity index (χ0n) is 19.5. The van der Waals surface area contributed by atoms with Crippen molar-refractivity contribution in [2.75, 3.05) is 35.5 Å². The van der Waals surface area contributed by atoms with Crippen LogP contribution in [0.25, 0.3) is 0 Å². The summed E-state index contributed by atoms with van der Waals surface area (Å²) in [7, 11) is -3.76. The average Bonchev–Trinajstić information content (AvgIpc) is 3.10. The highest BCUT2D eigenvalue weighted by atomic mass is 32.2. The Morgan fingerprint density at radius 2 is 1.79 bits per heavy atom. The summed E-state index contributed by atoms with van der Waals surface area (Å²) in [6.45, 7) is 8.80. The first-order valence-electron chi connectivity index (χ1n) is 11.9. The van der Waals surface area contributed by atoms with Gasteiger partial charge in [0, 0.05) is 18.8 Å². The monoisotopic (exact) mass is 468 g/mol. The van der Waals surface area contributed by atoms with Gasteiger partial charge in [0.25, 0.3) is 10.0 Å². The quantitative estimate of drug-likeness (QED) is 0.590. The minimum atomic E-state index is -3.76. The fraction of sp³-hybridized carbons (Fsp3) is 0.500. The van der Waals surface area contributed by atoms with E-state index in [0.29, 0.717) is 36.5 Å². The highest BCUT2D eigenvalue weighted by Crippen LogP contribution is 2.51. The average molecular weight is 469 g/mol. The molecule has 176 valence electrons. The molecular formula is C26H32N2O4S. The van der Waals surface area contributed by atoms with Gasteiger partial charge in [-0.3, -0.25) is 9.10 Å². The van der Waals surface area contributed by atoms with Gasteiger partial charge in [-0.25, -0.2) is 8.42 Å². The third kappa shape index (κ3) is 4.06. The number of carbonyl (C=O) groups is 1. The van der Waals surface area contributed by atoms with Crippen LogP contribution in [0.3, 0.4) is 0 Å². The van der Waals surface area contributed by atoms with Gasteiger partial charge in [0.05, 0.1) is 30.2 Å². The standard InChI is InChI=1S/C26H32N2O4S/c1-4-18-5-7-20(8-6-18)28(13-17(2)3)33(30,31)21-9-10-25-19(11-21)12-26(29)27(25)14-22-23-15-32-16-24(22)23/h5-11,17,22-24H,4,12-16H2,1-3H3/t22?,23-,24+. The lowest BCUT2D eigenvalue weighted by Crippen LogP contribution is -2.34. The molecule has 1 amide bonds. The Morgan fingerprint density at radius 1 is 1.09 bits per heavy atom. The van der Waals surface area contributed by atoms with Gasteiger partial charge in [-0.2, -0.15) is 0 Å². The molecule has 1 aliphatic carbocycles. The molecule has 2 fully saturated rings. The van der Waals surface area contributed by atoms with Crippen LogP contribution in [-0.2, 0) is 32.4 Å². The number of nitrogens with zero attached hydrogens (tertiary/aromatic N) is 2. The van der Waals surface area contributed by atoms with Crippen LogP contribution < -0.4 is 9.21 Å². The number of fused-ring (bicyclic) bond motifs is 2. The van der Waals surface area contributed by atoms with Gasteiger partial charge in [-0.05, 0) is 71.6 Å². The van der Waals surface area contributed by atoms with E-state index in [1.54, 1.807) is 12.1 Å². The van der Waals surface area contributed by atoms with E-state index < -0.39 is 10.0 Å². The van der Waals surface area contributed by atoms with Gasteiger partial charge < -0.3 is 9.64 Å². The lowest BCUT2D eigenvalue weighted by atomic mass is 10.1. The molecule has 0 aromatic heterocycles. The second-order valence-electron chi connectivity index (χ2n) is 9.95. The molecule has 1 unspecified atom stereocenters. The van der Waals surface area contributed by atoms with E-state index in [1.165, 1.54) is 9.87 Å². The first-order chi connectivity index (χ1) is 15.8. The summed E-state index contributed by atoms with van der Waals surface area (Å²) >= 11 is 0. The fourth-order valence-corrected chi connectivity index (χ4v) is 6.94. The van der Waals surface area contributed by atoms with Crippen molar-refractivity contribution in [1.29, 1.82) is 0 Å². The number of amides is 1. The third-order valence-electron chi connectivity index (χ3n) is 7.26. The van der Waals surface area contributed by atoms with Crippen LogP contribution in [-0.4, -0.2) is 40.6 Å². The van der Waals surface area contributed by atoms with E-state index in [9.17, 15) is 13.2 Å². The van der Waals surface area contributed by atoms with Crippen LogP contribution in [0.15, 0.2) is 47.4 Å². The summed E-state index contributed by atoms with van der Waals surface area (Å²) in [6, 6.07) is 12.9. The molecule has 1 saturated heterocycles. The summed E-state index contributed by atoms with van der Waals surface area (Å²) in [5.41, 5.74) is 3.49. The maximum Gasteiger partial charge on any atom is 0.264 e. The summed E-state index contributed by atoms with van der Waals surface area (Å²) in [6.07, 6.45) is 1.16. The first kappa shape index (κ1) is 22.4. The van der Waals surface area contributed by atoms with E-state index in [0.717, 1.165) is 30.9 Å². The molecular weight excluding hydrogens is 436 g/mol. The Hall–Kier alpha value is -2.38.